The summed E-state index contributed by atoms with van der Waals surface area (Å²) in [4.78, 5) is 2.41. The number of para-hydroxylation sites is 2. The molecule has 272 valence electrons. The van der Waals surface area contributed by atoms with Crippen LogP contribution in [0.5, 0.6) is 0 Å². The van der Waals surface area contributed by atoms with E-state index in [-0.39, 0.29) is 0 Å². The molecule has 2 heterocycles. The van der Waals surface area contributed by atoms with Crippen LogP contribution in [-0.4, -0.2) is 19.1 Å². The zero-order chi connectivity index (χ0) is 38.2. The van der Waals surface area contributed by atoms with E-state index in [9.17, 15) is 0 Å². The molecular weight excluding hydrogens is 768 g/mol. The predicted octanol–water partition coefficient (Wildman–Crippen LogP) is 14.5. The first-order chi connectivity index (χ1) is 28.7. The number of aromatic nitrogens is 1. The van der Waals surface area contributed by atoms with Crippen LogP contribution in [0.3, 0.4) is 0 Å². The zero-order valence-corrected chi connectivity index (χ0v) is 33.4. The first kappa shape index (κ1) is 33.3. The molecule has 1 aliphatic carbocycles. The van der Waals surface area contributed by atoms with E-state index in [2.05, 4.69) is 216 Å². The molecule has 0 fully saturated rings. The minimum atomic E-state index is 0.336. The maximum atomic E-state index is 2.41. The molecule has 0 bridgehead atoms. The second kappa shape index (κ2) is 13.4. The molecule has 2 aromatic heterocycles. The number of anilines is 3. The van der Waals surface area contributed by atoms with Gasteiger partial charge in [-0.25, -0.2) is 0 Å². The topological polar surface area (TPSA) is 8.17 Å². The Morgan fingerprint density at radius 3 is 1.72 bits per heavy atom. The van der Waals surface area contributed by atoms with Crippen molar-refractivity contribution in [1.82, 2.24) is 4.57 Å². The van der Waals surface area contributed by atoms with Crippen LogP contribution in [0, 0.1) is 0 Å². The number of rotatable bonds is 6. The third kappa shape index (κ3) is 5.40. The second-order valence-corrected chi connectivity index (χ2v) is 17.6. The number of nitrogens with zero attached hydrogens (tertiary/aromatic N) is 2. The molecule has 0 N–H and O–H groups in total. The van der Waals surface area contributed by atoms with Crippen molar-refractivity contribution in [3.8, 4) is 39.1 Å². The summed E-state index contributed by atoms with van der Waals surface area (Å²) in [6, 6.07) is 76.3. The summed E-state index contributed by atoms with van der Waals surface area (Å²) in [6.07, 6.45) is 0.982. The molecule has 2 nitrogen and oxygen atoms in total. The van der Waals surface area contributed by atoms with Crippen molar-refractivity contribution in [3.05, 3.63) is 217 Å². The van der Waals surface area contributed by atoms with Crippen LogP contribution in [-0.2, 0) is 6.42 Å². The van der Waals surface area contributed by atoms with Crippen LogP contribution < -0.4 is 4.90 Å². The third-order valence-electron chi connectivity index (χ3n) is 12.0. The molecule has 0 atom stereocenters. The van der Waals surface area contributed by atoms with Crippen LogP contribution in [0.4, 0.5) is 17.1 Å². The van der Waals surface area contributed by atoms with Gasteiger partial charge >= 0.3 is 198 Å². The third-order valence-corrected chi connectivity index (χ3v) is 14.4. The fourth-order valence-corrected chi connectivity index (χ4v) is 11.6. The van der Waals surface area contributed by atoms with Crippen LogP contribution >= 0.6 is 0 Å². The number of hydrogen-bond acceptors (Lipinski definition) is 1. The van der Waals surface area contributed by atoms with Gasteiger partial charge in [-0.15, -0.1) is 0 Å². The van der Waals surface area contributed by atoms with E-state index in [1.807, 2.05) is 0 Å². The van der Waals surface area contributed by atoms with Gasteiger partial charge in [-0.2, -0.15) is 0 Å². The molecule has 9 aromatic carbocycles. The van der Waals surface area contributed by atoms with E-state index in [1.54, 1.807) is 0 Å². The van der Waals surface area contributed by atoms with Crippen molar-refractivity contribution in [2.24, 2.45) is 0 Å². The van der Waals surface area contributed by atoms with Gasteiger partial charge in [-0.3, -0.25) is 0 Å². The van der Waals surface area contributed by atoms with Crippen molar-refractivity contribution in [3.63, 3.8) is 0 Å². The Bertz CT molecular complexity index is 3350. The largest absolute Gasteiger partial charge is 0.0602 e. The van der Waals surface area contributed by atoms with E-state index < -0.39 is 0 Å². The van der Waals surface area contributed by atoms with Crippen molar-refractivity contribution in [2.75, 3.05) is 4.90 Å². The number of benzene rings is 9. The normalized spacial score (nSPS) is 12.1. The van der Waals surface area contributed by atoms with Gasteiger partial charge in [0.2, 0.25) is 0 Å². The summed E-state index contributed by atoms with van der Waals surface area (Å²) in [7, 11) is 0. The molecule has 12 rings (SSSR count). The molecule has 0 amide bonds. The molecule has 0 unspecified atom stereocenters. The van der Waals surface area contributed by atoms with Crippen molar-refractivity contribution in [2.45, 2.75) is 6.42 Å². The van der Waals surface area contributed by atoms with Gasteiger partial charge in [0.1, 0.15) is 0 Å². The Morgan fingerprint density at radius 1 is 0.362 bits per heavy atom. The SMILES string of the molecule is c1ccc(-n2c3ccccc3c3ccc(-c4ccc(N(c5ccc(-c6ccc7c(c6)[se]c6ccccc67)cc5)c5ccc6c(c5)-c5ccccc5C6)cc4)cc32)cc1. The Balaban J connectivity index is 0.947. The van der Waals surface area contributed by atoms with Gasteiger partial charge < -0.3 is 4.57 Å². The summed E-state index contributed by atoms with van der Waals surface area (Å²) in [5, 5.41) is 5.32. The first-order valence-electron chi connectivity index (χ1n) is 20.0. The molecule has 0 saturated carbocycles. The van der Waals surface area contributed by atoms with E-state index in [0.29, 0.717) is 14.5 Å². The molecule has 58 heavy (non-hydrogen) atoms. The average Bonchev–Trinajstić information content (AvgIpc) is 3.96. The Morgan fingerprint density at radius 2 is 0.931 bits per heavy atom. The minimum Gasteiger partial charge on any atom is -0.0602 e. The van der Waals surface area contributed by atoms with Crippen LogP contribution in [0.15, 0.2) is 206 Å². The molecule has 0 spiro atoms. The van der Waals surface area contributed by atoms with Crippen LogP contribution in [0.25, 0.3) is 80.2 Å². The molecule has 1 aliphatic rings. The molecule has 3 heteroatoms. The fraction of sp³-hybridized carbons (Fsp3) is 0.0182. The first-order valence-corrected chi connectivity index (χ1v) is 21.7. The summed E-state index contributed by atoms with van der Waals surface area (Å²) in [5.41, 5.74) is 17.4. The standard InChI is InChI=1S/C55H36N2Se/c1-2-11-42(12-3-1)57-52-16-8-6-14-47(52)48-30-23-38(33-53(48)57)36-18-25-43(26-19-36)56(45-29-22-41-32-40-10-4-5-13-46(40)51(41)35-45)44-27-20-37(21-28-44)39-24-31-50-49-15-7-9-17-54(49)58-55(50)34-39/h1-31,33-35H,32H2. The van der Waals surface area contributed by atoms with E-state index in [1.165, 1.54) is 91.3 Å². The zero-order valence-electron chi connectivity index (χ0n) is 31.6. The van der Waals surface area contributed by atoms with Gasteiger partial charge in [0.05, 0.1) is 11.0 Å². The minimum absolute atomic E-state index is 0.336. The van der Waals surface area contributed by atoms with Crippen molar-refractivity contribution in [1.29, 1.82) is 0 Å². The molecule has 0 saturated heterocycles. The number of fused-ring (bicyclic) bond motifs is 9. The van der Waals surface area contributed by atoms with Gasteiger partial charge in [0, 0.05) is 16.5 Å². The van der Waals surface area contributed by atoms with Gasteiger partial charge in [0.25, 0.3) is 0 Å². The van der Waals surface area contributed by atoms with Crippen LogP contribution in [0.1, 0.15) is 11.1 Å². The summed E-state index contributed by atoms with van der Waals surface area (Å²) < 4.78 is 5.34. The predicted molar refractivity (Wildman–Crippen MR) is 247 cm³/mol. The second-order valence-electron chi connectivity index (χ2n) is 15.3. The summed E-state index contributed by atoms with van der Waals surface area (Å²) in [5.74, 6) is 0. The van der Waals surface area contributed by atoms with Gasteiger partial charge in [-0.1, -0.05) is 72.8 Å². The van der Waals surface area contributed by atoms with Crippen molar-refractivity contribution < 1.29 is 0 Å². The molecule has 11 aromatic rings. The van der Waals surface area contributed by atoms with Gasteiger partial charge in [0.15, 0.2) is 0 Å². The number of hydrogen-bond donors (Lipinski definition) is 0. The average molecular weight is 804 g/mol. The van der Waals surface area contributed by atoms with Gasteiger partial charge in [-0.05, 0) is 41.8 Å². The molecule has 0 radical (unpaired) electrons. The van der Waals surface area contributed by atoms with E-state index in [4.69, 9.17) is 0 Å². The fourth-order valence-electron chi connectivity index (χ4n) is 9.21. The monoisotopic (exact) mass is 804 g/mol. The van der Waals surface area contributed by atoms with E-state index in [0.717, 1.165) is 23.5 Å². The quantitative estimate of drug-likeness (QED) is 0.152. The summed E-state index contributed by atoms with van der Waals surface area (Å²) >= 11 is 0.336. The maximum absolute atomic E-state index is 2.41. The van der Waals surface area contributed by atoms with Crippen LogP contribution in [0.2, 0.25) is 0 Å². The Hall–Kier alpha value is -6.90. The Kier molecular flexibility index (Phi) is 7.66. The molecule has 0 aliphatic heterocycles. The Labute approximate surface area is 343 Å². The van der Waals surface area contributed by atoms with Crippen molar-refractivity contribution >= 4 is 72.7 Å². The summed E-state index contributed by atoms with van der Waals surface area (Å²) in [6.45, 7) is 0. The van der Waals surface area contributed by atoms with E-state index >= 15 is 0 Å². The molecular formula is C55H36N2Se. The maximum Gasteiger partial charge on any atom is 0.0547 e. The smallest absolute Gasteiger partial charge is 0.0547 e.